The molecule has 4 aromatic heterocycles. The third-order valence-electron chi connectivity index (χ3n) is 5.92. The number of aromatic nitrogens is 4. The number of nitrogens with zero attached hydrogens (tertiary/aromatic N) is 5. The normalized spacial score (nSPS) is 17.4. The Labute approximate surface area is 181 Å². The summed E-state index contributed by atoms with van der Waals surface area (Å²) in [5.74, 6) is 4.40. The molecule has 0 bridgehead atoms. The maximum atomic E-state index is 6.13. The van der Waals surface area contributed by atoms with Crippen molar-refractivity contribution in [3.05, 3.63) is 53.8 Å². The van der Waals surface area contributed by atoms with Crippen LogP contribution in [0, 0.1) is 6.92 Å². The summed E-state index contributed by atoms with van der Waals surface area (Å²) in [6.07, 6.45) is 6.72. The fraction of sp³-hybridized carbons (Fsp3) is 0.435. The molecule has 31 heavy (non-hydrogen) atoms. The minimum Gasteiger partial charge on any atom is -0.463 e. The van der Waals surface area contributed by atoms with E-state index in [0.717, 1.165) is 36.1 Å². The van der Waals surface area contributed by atoms with Crippen LogP contribution in [0.25, 0.3) is 17.4 Å². The second-order valence-corrected chi connectivity index (χ2v) is 8.16. The van der Waals surface area contributed by atoms with E-state index in [9.17, 15) is 0 Å². The number of fused-ring (bicyclic) bond motifs is 1. The number of furan rings is 2. The van der Waals surface area contributed by atoms with Crippen molar-refractivity contribution in [2.45, 2.75) is 58.7 Å². The van der Waals surface area contributed by atoms with E-state index in [1.807, 2.05) is 31.2 Å². The molecule has 4 aromatic rings. The zero-order valence-electron chi connectivity index (χ0n) is 18.0. The van der Waals surface area contributed by atoms with Gasteiger partial charge in [-0.3, -0.25) is 4.90 Å². The highest BCUT2D eigenvalue weighted by molar-refractivity contribution is 5.53. The van der Waals surface area contributed by atoms with Gasteiger partial charge in [0, 0.05) is 17.8 Å². The van der Waals surface area contributed by atoms with Crippen molar-refractivity contribution in [3.8, 4) is 11.6 Å². The van der Waals surface area contributed by atoms with Crippen molar-refractivity contribution in [2.75, 3.05) is 11.9 Å². The second-order valence-electron chi connectivity index (χ2n) is 8.16. The first-order valence-electron chi connectivity index (χ1n) is 11.0. The summed E-state index contributed by atoms with van der Waals surface area (Å²) < 4.78 is 13.3. The van der Waals surface area contributed by atoms with E-state index in [2.05, 4.69) is 38.3 Å². The van der Waals surface area contributed by atoms with Crippen molar-refractivity contribution >= 4 is 11.6 Å². The topological polar surface area (TPSA) is 84.6 Å². The Morgan fingerprint density at radius 3 is 2.90 bits per heavy atom. The molecule has 5 rings (SSSR count). The standard InChI is InChI=1S/C23H28N6O2/c1-3-17-7-4-5-11-28(17)15-19-10-9-18(31-19)14-24-21-13-16(2)25-23-26-22(27-29(21)23)20-8-6-12-30-20/h6,8-10,12-13,17,24H,3-5,7,11,14-15H2,1-2H3/t17-/m0/s1. The van der Waals surface area contributed by atoms with Gasteiger partial charge >= 0.3 is 0 Å². The van der Waals surface area contributed by atoms with Crippen LogP contribution < -0.4 is 5.32 Å². The molecule has 1 N–H and O–H groups in total. The minimum atomic E-state index is 0.512. The molecule has 0 aliphatic carbocycles. The molecule has 1 saturated heterocycles. The van der Waals surface area contributed by atoms with Crippen LogP contribution in [0.2, 0.25) is 0 Å². The molecular formula is C23H28N6O2. The van der Waals surface area contributed by atoms with E-state index < -0.39 is 0 Å². The Morgan fingerprint density at radius 2 is 2.06 bits per heavy atom. The Balaban J connectivity index is 1.30. The summed E-state index contributed by atoms with van der Waals surface area (Å²) >= 11 is 0. The summed E-state index contributed by atoms with van der Waals surface area (Å²) in [6, 6.07) is 10.4. The number of likely N-dealkylation sites (tertiary alicyclic amines) is 1. The zero-order valence-corrected chi connectivity index (χ0v) is 18.0. The van der Waals surface area contributed by atoms with Crippen LogP contribution in [0.3, 0.4) is 0 Å². The molecule has 0 aromatic carbocycles. The van der Waals surface area contributed by atoms with Gasteiger partial charge in [-0.15, -0.1) is 5.10 Å². The maximum absolute atomic E-state index is 6.13. The van der Waals surface area contributed by atoms with Crippen molar-refractivity contribution in [1.29, 1.82) is 0 Å². The van der Waals surface area contributed by atoms with E-state index in [1.54, 1.807) is 10.8 Å². The maximum Gasteiger partial charge on any atom is 0.254 e. The molecule has 8 nitrogen and oxygen atoms in total. The lowest BCUT2D eigenvalue weighted by Gasteiger charge is -2.34. The quantitative estimate of drug-likeness (QED) is 0.465. The van der Waals surface area contributed by atoms with Gasteiger partial charge in [0.05, 0.1) is 19.4 Å². The first-order chi connectivity index (χ1) is 15.2. The Kier molecular flexibility index (Phi) is 5.46. The molecule has 1 atom stereocenters. The van der Waals surface area contributed by atoms with Gasteiger partial charge in [-0.1, -0.05) is 13.3 Å². The molecule has 0 unspecified atom stereocenters. The van der Waals surface area contributed by atoms with E-state index in [0.29, 0.717) is 29.9 Å². The van der Waals surface area contributed by atoms with E-state index >= 15 is 0 Å². The first-order valence-corrected chi connectivity index (χ1v) is 11.0. The number of hydrogen-bond donors (Lipinski definition) is 1. The van der Waals surface area contributed by atoms with Crippen LogP contribution in [0.5, 0.6) is 0 Å². The van der Waals surface area contributed by atoms with Crippen LogP contribution in [0.15, 0.2) is 45.4 Å². The average Bonchev–Trinajstić information content (AvgIpc) is 3.53. The van der Waals surface area contributed by atoms with Gasteiger partial charge in [0.25, 0.3) is 5.78 Å². The van der Waals surface area contributed by atoms with Crippen LogP contribution in [0.4, 0.5) is 5.82 Å². The van der Waals surface area contributed by atoms with Crippen LogP contribution in [-0.4, -0.2) is 37.1 Å². The Morgan fingerprint density at radius 1 is 1.16 bits per heavy atom. The smallest absolute Gasteiger partial charge is 0.254 e. The fourth-order valence-corrected chi connectivity index (χ4v) is 4.33. The molecule has 0 saturated carbocycles. The number of aryl methyl sites for hydroxylation is 1. The highest BCUT2D eigenvalue weighted by Crippen LogP contribution is 2.23. The zero-order chi connectivity index (χ0) is 21.2. The molecule has 0 spiro atoms. The Bertz CT molecular complexity index is 1150. The monoisotopic (exact) mass is 420 g/mol. The lowest BCUT2D eigenvalue weighted by atomic mass is 10.00. The number of nitrogens with one attached hydrogen (secondary N) is 1. The molecule has 1 aliphatic rings. The minimum absolute atomic E-state index is 0.512. The first kappa shape index (κ1) is 19.8. The van der Waals surface area contributed by atoms with E-state index in [4.69, 9.17) is 8.83 Å². The predicted molar refractivity (Wildman–Crippen MR) is 118 cm³/mol. The van der Waals surface area contributed by atoms with Gasteiger partial charge in [0.2, 0.25) is 5.82 Å². The molecule has 0 radical (unpaired) electrons. The van der Waals surface area contributed by atoms with Gasteiger partial charge in [-0.25, -0.2) is 4.98 Å². The summed E-state index contributed by atoms with van der Waals surface area (Å²) in [6.45, 7) is 6.82. The number of rotatable bonds is 7. The predicted octanol–water partition coefficient (Wildman–Crippen LogP) is 4.66. The van der Waals surface area contributed by atoms with Crippen molar-refractivity contribution in [1.82, 2.24) is 24.5 Å². The summed E-state index contributed by atoms with van der Waals surface area (Å²) in [4.78, 5) is 11.5. The van der Waals surface area contributed by atoms with E-state index in [1.165, 1.54) is 25.7 Å². The fourth-order valence-electron chi connectivity index (χ4n) is 4.33. The van der Waals surface area contributed by atoms with Gasteiger partial charge in [-0.2, -0.15) is 9.50 Å². The number of anilines is 1. The van der Waals surface area contributed by atoms with Crippen LogP contribution in [-0.2, 0) is 13.1 Å². The SMILES string of the molecule is CC[C@H]1CCCCN1Cc1ccc(CNc2cc(C)nc3nc(-c4ccco4)nn23)o1. The largest absolute Gasteiger partial charge is 0.463 e. The highest BCUT2D eigenvalue weighted by atomic mass is 16.3. The van der Waals surface area contributed by atoms with Crippen LogP contribution in [0.1, 0.15) is 49.8 Å². The summed E-state index contributed by atoms with van der Waals surface area (Å²) in [5.41, 5.74) is 0.865. The second kappa shape index (κ2) is 8.55. The molecule has 1 fully saturated rings. The highest BCUT2D eigenvalue weighted by Gasteiger charge is 2.22. The van der Waals surface area contributed by atoms with Gasteiger partial charge < -0.3 is 14.2 Å². The molecule has 0 amide bonds. The lowest BCUT2D eigenvalue weighted by molar-refractivity contribution is 0.126. The summed E-state index contributed by atoms with van der Waals surface area (Å²) in [5, 5.41) is 7.98. The lowest BCUT2D eigenvalue weighted by Crippen LogP contribution is -2.38. The molecule has 1 aliphatic heterocycles. The average molecular weight is 421 g/mol. The molecule has 8 heteroatoms. The molecular weight excluding hydrogens is 392 g/mol. The third-order valence-corrected chi connectivity index (χ3v) is 5.92. The van der Waals surface area contributed by atoms with Crippen molar-refractivity contribution in [3.63, 3.8) is 0 Å². The van der Waals surface area contributed by atoms with Crippen LogP contribution >= 0.6 is 0 Å². The summed E-state index contributed by atoms with van der Waals surface area (Å²) in [7, 11) is 0. The van der Waals surface area contributed by atoms with Gasteiger partial charge in [-0.05, 0) is 57.0 Å². The molecule has 5 heterocycles. The third kappa shape index (κ3) is 4.20. The van der Waals surface area contributed by atoms with Crippen molar-refractivity contribution < 1.29 is 8.83 Å². The molecule has 162 valence electrons. The van der Waals surface area contributed by atoms with Gasteiger partial charge in [0.15, 0.2) is 5.76 Å². The van der Waals surface area contributed by atoms with E-state index in [-0.39, 0.29) is 0 Å². The number of hydrogen-bond acceptors (Lipinski definition) is 7. The van der Waals surface area contributed by atoms with Gasteiger partial charge in [0.1, 0.15) is 17.3 Å². The number of piperidine rings is 1. The van der Waals surface area contributed by atoms with Crippen molar-refractivity contribution in [2.24, 2.45) is 0 Å². The Hall–Kier alpha value is -3.13.